The third-order valence-electron chi connectivity index (χ3n) is 8.44. The first-order valence-corrected chi connectivity index (χ1v) is 13.2. The molecule has 4 aliphatic rings. The summed E-state index contributed by atoms with van der Waals surface area (Å²) in [6, 6.07) is 18.9. The molecule has 3 aromatic carbocycles. The second kappa shape index (κ2) is 8.50. The summed E-state index contributed by atoms with van der Waals surface area (Å²) < 4.78 is 0. The molecule has 7 heteroatoms. The van der Waals surface area contributed by atoms with Crippen molar-refractivity contribution in [2.75, 3.05) is 5.32 Å². The molecule has 1 aliphatic heterocycles. The third kappa shape index (κ3) is 3.40. The molecule has 5 unspecified atom stereocenters. The number of anilines is 1. The Kier molecular flexibility index (Phi) is 5.17. The van der Waals surface area contributed by atoms with E-state index in [0.717, 1.165) is 17.5 Å². The molecule has 188 valence electrons. The van der Waals surface area contributed by atoms with Crippen LogP contribution in [0.5, 0.6) is 0 Å². The largest absolute Gasteiger partial charge is 0.326 e. The number of allylic oxidation sites excluding steroid dienone is 2. The Hall–Kier alpha value is -4.03. The quantitative estimate of drug-likeness (QED) is 0.280. The maximum absolute atomic E-state index is 13.6. The number of nitrogens with zero attached hydrogens (tertiary/aromatic N) is 1. The van der Waals surface area contributed by atoms with Crippen LogP contribution in [0, 0.1) is 23.7 Å². The highest BCUT2D eigenvalue weighted by molar-refractivity contribution is 6.30. The first-order chi connectivity index (χ1) is 18.4. The lowest BCUT2D eigenvalue weighted by molar-refractivity contribution is -0.144. The van der Waals surface area contributed by atoms with E-state index in [9.17, 15) is 19.2 Å². The van der Waals surface area contributed by atoms with Crippen molar-refractivity contribution in [3.63, 3.8) is 0 Å². The number of rotatable bonds is 5. The zero-order valence-corrected chi connectivity index (χ0v) is 21.0. The second-order valence-corrected chi connectivity index (χ2v) is 10.9. The average Bonchev–Trinajstić information content (AvgIpc) is 3.66. The van der Waals surface area contributed by atoms with Crippen molar-refractivity contribution in [1.82, 2.24) is 4.90 Å². The number of likely N-dealkylation sites (tertiary alicyclic amines) is 1. The Bertz CT molecular complexity index is 1560. The Labute approximate surface area is 224 Å². The minimum absolute atomic E-state index is 0.0772. The van der Waals surface area contributed by atoms with Gasteiger partial charge in [-0.15, -0.1) is 0 Å². The molecular weight excluding hydrogens is 500 g/mol. The molecular formula is C31H23ClN2O4. The monoisotopic (exact) mass is 522 g/mol. The molecule has 3 amide bonds. The summed E-state index contributed by atoms with van der Waals surface area (Å²) in [5.74, 6) is -1.42. The third-order valence-corrected chi connectivity index (χ3v) is 8.67. The van der Waals surface area contributed by atoms with Crippen LogP contribution < -0.4 is 5.32 Å². The van der Waals surface area contributed by atoms with Gasteiger partial charge in [0.15, 0.2) is 5.78 Å². The lowest BCUT2D eigenvalue weighted by Gasteiger charge is -2.28. The number of imide groups is 1. The fourth-order valence-electron chi connectivity index (χ4n) is 6.80. The van der Waals surface area contributed by atoms with E-state index in [4.69, 9.17) is 11.6 Å². The van der Waals surface area contributed by atoms with Gasteiger partial charge in [0.2, 0.25) is 17.7 Å². The van der Waals surface area contributed by atoms with Crippen molar-refractivity contribution >= 4 is 40.8 Å². The van der Waals surface area contributed by atoms with Gasteiger partial charge < -0.3 is 5.32 Å². The number of hydrogen-bond donors (Lipinski definition) is 1. The van der Waals surface area contributed by atoms with Crippen LogP contribution >= 0.6 is 11.6 Å². The minimum atomic E-state index is -0.779. The molecule has 1 saturated heterocycles. The summed E-state index contributed by atoms with van der Waals surface area (Å²) in [6.07, 6.45) is 4.82. The number of fused-ring (bicyclic) bond motifs is 8. The molecule has 2 fully saturated rings. The molecule has 2 bridgehead atoms. The lowest BCUT2D eigenvalue weighted by Crippen LogP contribution is -2.38. The molecule has 6 nitrogen and oxygen atoms in total. The summed E-state index contributed by atoms with van der Waals surface area (Å²) in [5, 5.41) is 3.35. The van der Waals surface area contributed by atoms with E-state index >= 15 is 0 Å². The molecule has 1 saturated carbocycles. The maximum Gasteiger partial charge on any atom is 0.234 e. The van der Waals surface area contributed by atoms with Crippen LogP contribution in [0.1, 0.15) is 40.4 Å². The van der Waals surface area contributed by atoms with Gasteiger partial charge in [-0.3, -0.25) is 24.1 Å². The Morgan fingerprint density at radius 1 is 0.842 bits per heavy atom. The topological polar surface area (TPSA) is 83.6 Å². The molecule has 38 heavy (non-hydrogen) atoms. The number of carbonyl (C=O) groups excluding carboxylic acids is 4. The van der Waals surface area contributed by atoms with Crippen molar-refractivity contribution in [3.05, 3.63) is 101 Å². The summed E-state index contributed by atoms with van der Waals surface area (Å²) >= 11 is 6.26. The van der Waals surface area contributed by atoms with Crippen LogP contribution in [0.2, 0.25) is 5.02 Å². The Morgan fingerprint density at radius 3 is 2.24 bits per heavy atom. The zero-order chi connectivity index (χ0) is 26.1. The first kappa shape index (κ1) is 23.1. The van der Waals surface area contributed by atoms with E-state index in [-0.39, 0.29) is 53.6 Å². The van der Waals surface area contributed by atoms with E-state index < -0.39 is 6.04 Å². The molecule has 3 aromatic rings. The first-order valence-electron chi connectivity index (χ1n) is 12.8. The predicted octanol–water partition coefficient (Wildman–Crippen LogP) is 5.43. The highest BCUT2D eigenvalue weighted by Gasteiger charge is 2.60. The molecule has 1 N–H and O–H groups in total. The van der Waals surface area contributed by atoms with Gasteiger partial charge in [0.25, 0.3) is 0 Å². The van der Waals surface area contributed by atoms with Crippen molar-refractivity contribution in [2.45, 2.75) is 18.9 Å². The summed E-state index contributed by atoms with van der Waals surface area (Å²) in [5.41, 5.74) is 4.02. The van der Waals surface area contributed by atoms with Gasteiger partial charge in [-0.2, -0.15) is 0 Å². The predicted molar refractivity (Wildman–Crippen MR) is 142 cm³/mol. The van der Waals surface area contributed by atoms with Crippen LogP contribution in [-0.2, 0) is 14.4 Å². The van der Waals surface area contributed by atoms with Crippen molar-refractivity contribution in [3.8, 4) is 11.1 Å². The van der Waals surface area contributed by atoms with E-state index in [1.54, 1.807) is 42.5 Å². The van der Waals surface area contributed by atoms with Crippen molar-refractivity contribution in [2.24, 2.45) is 23.7 Å². The van der Waals surface area contributed by atoms with E-state index in [1.807, 2.05) is 24.3 Å². The number of ketones is 1. The van der Waals surface area contributed by atoms with Crippen LogP contribution in [0.15, 0.2) is 78.9 Å². The number of hydrogen-bond acceptors (Lipinski definition) is 4. The average molecular weight is 523 g/mol. The fraction of sp³-hybridized carbons (Fsp3) is 0.226. The number of carbonyl (C=O) groups is 4. The molecule has 0 spiro atoms. The van der Waals surface area contributed by atoms with Gasteiger partial charge in [0, 0.05) is 21.8 Å². The van der Waals surface area contributed by atoms with Gasteiger partial charge in [-0.05, 0) is 59.2 Å². The molecule has 7 rings (SSSR count). The molecule has 3 aliphatic carbocycles. The van der Waals surface area contributed by atoms with Crippen molar-refractivity contribution < 1.29 is 19.2 Å². The number of halogens is 1. The Morgan fingerprint density at radius 2 is 1.53 bits per heavy atom. The minimum Gasteiger partial charge on any atom is -0.326 e. The van der Waals surface area contributed by atoms with Gasteiger partial charge in [-0.25, -0.2) is 0 Å². The van der Waals surface area contributed by atoms with Gasteiger partial charge >= 0.3 is 0 Å². The number of amides is 3. The van der Waals surface area contributed by atoms with Gasteiger partial charge in [0.1, 0.15) is 0 Å². The summed E-state index contributed by atoms with van der Waals surface area (Å²) in [7, 11) is 0. The molecule has 0 radical (unpaired) electrons. The van der Waals surface area contributed by atoms with Crippen LogP contribution in [0.3, 0.4) is 0 Å². The standard InChI is InChI=1S/C31H23ClN2O4/c32-19-5-3-4-16(13-19)25(34-30(37)27-17-8-9-18(12-17)28(27)31(34)38)15-26(35)33-20-10-11-22-21-6-1-2-7-23(21)29(36)24(22)14-20/h1-11,13-14,17-18,25,27-28H,12,15H2,(H,33,35). The smallest absolute Gasteiger partial charge is 0.234 e. The van der Waals surface area contributed by atoms with E-state index in [1.165, 1.54) is 4.90 Å². The van der Waals surface area contributed by atoms with Crippen LogP contribution in [0.25, 0.3) is 11.1 Å². The van der Waals surface area contributed by atoms with Gasteiger partial charge in [-0.1, -0.05) is 66.2 Å². The summed E-state index contributed by atoms with van der Waals surface area (Å²) in [4.78, 5) is 54.7. The number of benzene rings is 3. The second-order valence-electron chi connectivity index (χ2n) is 10.5. The van der Waals surface area contributed by atoms with Crippen LogP contribution in [-0.4, -0.2) is 28.4 Å². The highest BCUT2D eigenvalue weighted by atomic mass is 35.5. The van der Waals surface area contributed by atoms with Crippen molar-refractivity contribution in [1.29, 1.82) is 0 Å². The lowest BCUT2D eigenvalue weighted by atomic mass is 9.85. The molecule has 5 atom stereocenters. The maximum atomic E-state index is 13.6. The normalized spacial score (nSPS) is 25.0. The van der Waals surface area contributed by atoms with Crippen LogP contribution in [0.4, 0.5) is 5.69 Å². The van der Waals surface area contributed by atoms with Gasteiger partial charge in [0.05, 0.1) is 24.3 Å². The highest BCUT2D eigenvalue weighted by Crippen LogP contribution is 2.54. The fourth-order valence-corrected chi connectivity index (χ4v) is 7.00. The van der Waals surface area contributed by atoms with E-state index in [2.05, 4.69) is 17.5 Å². The molecule has 0 aromatic heterocycles. The number of nitrogens with one attached hydrogen (secondary N) is 1. The SMILES string of the molecule is O=C(CC(c1cccc(Cl)c1)N1C(=O)C2C3C=CC(C3)C2C1=O)Nc1ccc2c(c1)C(=O)c1ccccc1-2. The summed E-state index contributed by atoms with van der Waals surface area (Å²) in [6.45, 7) is 0. The zero-order valence-electron chi connectivity index (χ0n) is 20.3. The van der Waals surface area contributed by atoms with E-state index in [0.29, 0.717) is 27.4 Å². The Balaban J connectivity index is 1.17. The molecule has 1 heterocycles.